The summed E-state index contributed by atoms with van der Waals surface area (Å²) in [4.78, 5) is 10.9. The van der Waals surface area contributed by atoms with E-state index in [2.05, 4.69) is 0 Å². The molecular weight excluding hydrogens is 192 g/mol. The van der Waals surface area contributed by atoms with E-state index in [1.54, 1.807) is 31.4 Å². The van der Waals surface area contributed by atoms with Crippen LogP contribution in [-0.4, -0.2) is 11.1 Å². The number of rotatable bonds is 2. The summed E-state index contributed by atoms with van der Waals surface area (Å²) in [5.74, 6) is -0.225. The maximum atomic E-state index is 10.9. The molecule has 3 heteroatoms. The molecule has 0 aliphatic rings. The van der Waals surface area contributed by atoms with Gasteiger partial charge in [0.1, 0.15) is 5.76 Å². The molecule has 1 aromatic carbocycles. The summed E-state index contributed by atoms with van der Waals surface area (Å²) in [5.41, 5.74) is 1.85. The van der Waals surface area contributed by atoms with E-state index in [1.807, 2.05) is 12.1 Å². The SMILES string of the molecule is Cc1c(C(=O)O)cccc1-c1ccco1. The molecule has 3 nitrogen and oxygen atoms in total. The Morgan fingerprint density at radius 3 is 2.67 bits per heavy atom. The van der Waals surface area contributed by atoms with Crippen LogP contribution >= 0.6 is 0 Å². The first-order chi connectivity index (χ1) is 7.20. The van der Waals surface area contributed by atoms with E-state index < -0.39 is 5.97 Å². The summed E-state index contributed by atoms with van der Waals surface area (Å²) < 4.78 is 5.24. The molecule has 0 aliphatic carbocycles. The van der Waals surface area contributed by atoms with E-state index in [-0.39, 0.29) is 0 Å². The molecule has 0 spiro atoms. The summed E-state index contributed by atoms with van der Waals surface area (Å²) >= 11 is 0. The minimum absolute atomic E-state index is 0.309. The van der Waals surface area contributed by atoms with Gasteiger partial charge in [0.2, 0.25) is 0 Å². The second-order valence-corrected chi connectivity index (χ2v) is 3.26. The highest BCUT2D eigenvalue weighted by molar-refractivity contribution is 5.91. The Balaban J connectivity index is 2.59. The fourth-order valence-electron chi connectivity index (χ4n) is 1.57. The summed E-state index contributed by atoms with van der Waals surface area (Å²) in [6, 6.07) is 8.75. The molecule has 76 valence electrons. The van der Waals surface area contributed by atoms with Crippen LogP contribution in [0.2, 0.25) is 0 Å². The van der Waals surface area contributed by atoms with E-state index in [9.17, 15) is 4.79 Å². The van der Waals surface area contributed by atoms with Crippen LogP contribution in [0.15, 0.2) is 41.0 Å². The van der Waals surface area contributed by atoms with Gasteiger partial charge in [-0.05, 0) is 30.7 Å². The van der Waals surface area contributed by atoms with Gasteiger partial charge in [-0.25, -0.2) is 4.79 Å². The zero-order valence-electron chi connectivity index (χ0n) is 8.23. The third kappa shape index (κ3) is 1.64. The molecule has 1 N–H and O–H groups in total. The molecule has 0 amide bonds. The average molecular weight is 202 g/mol. The van der Waals surface area contributed by atoms with E-state index in [4.69, 9.17) is 9.52 Å². The Bertz CT molecular complexity index is 484. The van der Waals surface area contributed by atoms with Crippen molar-refractivity contribution < 1.29 is 14.3 Å². The van der Waals surface area contributed by atoms with Crippen molar-refractivity contribution in [2.75, 3.05) is 0 Å². The van der Waals surface area contributed by atoms with E-state index in [0.29, 0.717) is 11.3 Å². The number of furan rings is 1. The second kappa shape index (κ2) is 3.61. The molecule has 0 saturated carbocycles. The zero-order chi connectivity index (χ0) is 10.8. The third-order valence-corrected chi connectivity index (χ3v) is 2.35. The van der Waals surface area contributed by atoms with Crippen molar-refractivity contribution in [2.45, 2.75) is 6.92 Å². The van der Waals surface area contributed by atoms with Crippen LogP contribution in [0, 0.1) is 6.92 Å². The predicted octanol–water partition coefficient (Wildman–Crippen LogP) is 2.95. The van der Waals surface area contributed by atoms with Gasteiger partial charge < -0.3 is 9.52 Å². The third-order valence-electron chi connectivity index (χ3n) is 2.35. The highest BCUT2D eigenvalue weighted by Gasteiger charge is 2.12. The van der Waals surface area contributed by atoms with E-state index in [0.717, 1.165) is 11.1 Å². The van der Waals surface area contributed by atoms with Gasteiger partial charge in [0.15, 0.2) is 0 Å². The number of carboxylic acid groups (broad SMARTS) is 1. The Morgan fingerprint density at radius 1 is 1.27 bits per heavy atom. The molecule has 0 fully saturated rings. The summed E-state index contributed by atoms with van der Waals surface area (Å²) in [6.07, 6.45) is 1.57. The molecular formula is C12H10O3. The maximum absolute atomic E-state index is 10.9. The van der Waals surface area contributed by atoms with E-state index >= 15 is 0 Å². The van der Waals surface area contributed by atoms with Crippen molar-refractivity contribution >= 4 is 5.97 Å². The molecule has 0 aliphatic heterocycles. The molecule has 0 saturated heterocycles. The lowest BCUT2D eigenvalue weighted by Gasteiger charge is -2.05. The Hall–Kier alpha value is -2.03. The lowest BCUT2D eigenvalue weighted by Crippen LogP contribution is -2.00. The molecule has 2 aromatic rings. The van der Waals surface area contributed by atoms with Crippen LogP contribution in [0.3, 0.4) is 0 Å². The first kappa shape index (κ1) is 9.52. The average Bonchev–Trinajstić information content (AvgIpc) is 2.70. The van der Waals surface area contributed by atoms with Gasteiger partial charge in [0, 0.05) is 5.56 Å². The number of carboxylic acids is 1. The van der Waals surface area contributed by atoms with Gasteiger partial charge in [0.05, 0.1) is 11.8 Å². The minimum atomic E-state index is -0.916. The molecule has 15 heavy (non-hydrogen) atoms. The van der Waals surface area contributed by atoms with E-state index in [1.165, 1.54) is 0 Å². The number of hydrogen-bond acceptors (Lipinski definition) is 2. The minimum Gasteiger partial charge on any atom is -0.478 e. The number of carbonyl (C=O) groups is 1. The van der Waals surface area contributed by atoms with Crippen LogP contribution in [-0.2, 0) is 0 Å². The number of aromatic carboxylic acids is 1. The van der Waals surface area contributed by atoms with Crippen molar-refractivity contribution in [3.63, 3.8) is 0 Å². The van der Waals surface area contributed by atoms with Gasteiger partial charge in [-0.15, -0.1) is 0 Å². The molecule has 2 rings (SSSR count). The van der Waals surface area contributed by atoms with Gasteiger partial charge in [-0.1, -0.05) is 12.1 Å². The zero-order valence-corrected chi connectivity index (χ0v) is 8.23. The van der Waals surface area contributed by atoms with Crippen LogP contribution in [0.1, 0.15) is 15.9 Å². The normalized spacial score (nSPS) is 10.2. The fraction of sp³-hybridized carbons (Fsp3) is 0.0833. The molecule has 0 bridgehead atoms. The van der Waals surface area contributed by atoms with Crippen LogP contribution in [0.5, 0.6) is 0 Å². The van der Waals surface area contributed by atoms with Gasteiger partial charge >= 0.3 is 5.97 Å². The monoisotopic (exact) mass is 202 g/mol. The van der Waals surface area contributed by atoms with Crippen molar-refractivity contribution in [1.29, 1.82) is 0 Å². The first-order valence-electron chi connectivity index (χ1n) is 4.57. The Labute approximate surface area is 87.0 Å². The summed E-state index contributed by atoms with van der Waals surface area (Å²) in [7, 11) is 0. The van der Waals surface area contributed by atoms with Crippen molar-refractivity contribution in [3.05, 3.63) is 47.7 Å². The van der Waals surface area contributed by atoms with Gasteiger partial charge in [-0.3, -0.25) is 0 Å². The van der Waals surface area contributed by atoms with Crippen LogP contribution < -0.4 is 0 Å². The quantitative estimate of drug-likeness (QED) is 0.814. The van der Waals surface area contributed by atoms with Gasteiger partial charge in [0.25, 0.3) is 0 Å². The lowest BCUT2D eigenvalue weighted by molar-refractivity contribution is 0.0696. The largest absolute Gasteiger partial charge is 0.478 e. The Morgan fingerprint density at radius 2 is 2.07 bits per heavy atom. The van der Waals surface area contributed by atoms with Gasteiger partial charge in [-0.2, -0.15) is 0 Å². The highest BCUT2D eigenvalue weighted by atomic mass is 16.4. The molecule has 0 radical (unpaired) electrons. The highest BCUT2D eigenvalue weighted by Crippen LogP contribution is 2.25. The lowest BCUT2D eigenvalue weighted by atomic mass is 10.0. The molecule has 1 aromatic heterocycles. The summed E-state index contributed by atoms with van der Waals surface area (Å²) in [6.45, 7) is 1.78. The summed E-state index contributed by atoms with van der Waals surface area (Å²) in [5, 5.41) is 8.96. The number of hydrogen-bond donors (Lipinski definition) is 1. The Kier molecular flexibility index (Phi) is 2.29. The van der Waals surface area contributed by atoms with Crippen LogP contribution in [0.4, 0.5) is 0 Å². The molecule has 0 unspecified atom stereocenters. The number of benzene rings is 1. The molecule has 0 atom stereocenters. The van der Waals surface area contributed by atoms with Crippen LogP contribution in [0.25, 0.3) is 11.3 Å². The standard InChI is InChI=1S/C12H10O3/c1-8-9(11-6-3-7-15-11)4-2-5-10(8)12(13)14/h2-7H,1H3,(H,13,14). The van der Waals surface area contributed by atoms with Crippen molar-refractivity contribution in [2.24, 2.45) is 0 Å². The topological polar surface area (TPSA) is 50.4 Å². The molecule has 1 heterocycles. The maximum Gasteiger partial charge on any atom is 0.335 e. The first-order valence-corrected chi connectivity index (χ1v) is 4.57. The predicted molar refractivity (Wildman–Crippen MR) is 55.8 cm³/mol. The second-order valence-electron chi connectivity index (χ2n) is 3.26. The fourth-order valence-corrected chi connectivity index (χ4v) is 1.57. The van der Waals surface area contributed by atoms with Crippen molar-refractivity contribution in [1.82, 2.24) is 0 Å². The van der Waals surface area contributed by atoms with Crippen molar-refractivity contribution in [3.8, 4) is 11.3 Å². The smallest absolute Gasteiger partial charge is 0.335 e.